The van der Waals surface area contributed by atoms with Gasteiger partial charge in [0, 0.05) is 11.1 Å². The lowest BCUT2D eigenvalue weighted by atomic mass is 9.99. The number of phenols is 2. The fraction of sp³-hybridized carbons (Fsp3) is 0.559. The molecule has 1 aromatic carbocycles. The quantitative estimate of drug-likeness (QED) is 0.0577. The molecule has 0 unspecified atom stereocenters. The number of hydrogen-bond donors (Lipinski definition) is 2. The number of rotatable bonds is 31. The summed E-state index contributed by atoms with van der Waals surface area (Å²) >= 11 is 0. The summed E-state index contributed by atoms with van der Waals surface area (Å²) in [5.74, 6) is 0.356. The van der Waals surface area contributed by atoms with Crippen LogP contribution in [0.25, 0.3) is 0 Å². The summed E-state index contributed by atoms with van der Waals surface area (Å²) in [7, 11) is 2.91. The molecule has 0 amide bonds. The number of hydrogen-bond acceptors (Lipinski definition) is 4. The predicted molar refractivity (Wildman–Crippen MR) is 278 cm³/mol. The van der Waals surface area contributed by atoms with Gasteiger partial charge >= 0.3 is 0 Å². The number of methoxy groups -OCH3 is 2. The molecule has 4 nitrogen and oxygen atoms in total. The molecule has 0 bridgehead atoms. The van der Waals surface area contributed by atoms with E-state index in [0.29, 0.717) is 17.5 Å². The van der Waals surface area contributed by atoms with Crippen LogP contribution in [0.1, 0.15) is 203 Å². The molecule has 352 valence electrons. The molecule has 0 spiro atoms. The van der Waals surface area contributed by atoms with Gasteiger partial charge in [-0.05, 0) is 205 Å². The van der Waals surface area contributed by atoms with Crippen molar-refractivity contribution in [2.24, 2.45) is 0 Å². The maximum absolute atomic E-state index is 10.7. The molecular weight excluding hydrogens is 773 g/mol. The molecular formula is C59H92O4. The molecule has 0 aliphatic heterocycles. The molecule has 0 radical (unpaired) electrons. The maximum Gasteiger partial charge on any atom is 0.207 e. The normalized spacial score (nSPS) is 14.2. The highest BCUT2D eigenvalue weighted by Crippen LogP contribution is 2.48. The molecule has 0 aliphatic rings. The Bertz CT molecular complexity index is 1840. The molecule has 0 aromatic heterocycles. The first kappa shape index (κ1) is 56.8. The van der Waals surface area contributed by atoms with Crippen LogP contribution in [0, 0.1) is 6.92 Å². The summed E-state index contributed by atoms with van der Waals surface area (Å²) in [6.07, 6.45) is 44.6. The van der Waals surface area contributed by atoms with Crippen LogP contribution in [0.3, 0.4) is 0 Å². The second-order valence-electron chi connectivity index (χ2n) is 18.7. The zero-order valence-electron chi connectivity index (χ0n) is 42.9. The third kappa shape index (κ3) is 26.3. The minimum atomic E-state index is 0.00634. The number of allylic oxidation sites excluding steroid dienone is 20. The highest BCUT2D eigenvalue weighted by molar-refractivity contribution is 5.66. The summed E-state index contributed by atoms with van der Waals surface area (Å²) in [6, 6.07) is 0. The molecule has 0 saturated carbocycles. The van der Waals surface area contributed by atoms with Crippen LogP contribution in [0.15, 0.2) is 116 Å². The van der Waals surface area contributed by atoms with Crippen LogP contribution in [0.4, 0.5) is 0 Å². The zero-order chi connectivity index (χ0) is 47.2. The van der Waals surface area contributed by atoms with Crippen molar-refractivity contribution in [1.82, 2.24) is 0 Å². The second-order valence-corrected chi connectivity index (χ2v) is 18.7. The van der Waals surface area contributed by atoms with Crippen molar-refractivity contribution >= 4 is 0 Å². The van der Waals surface area contributed by atoms with E-state index in [1.165, 1.54) is 89.2 Å². The predicted octanol–water partition coefficient (Wildman–Crippen LogP) is 18.5. The number of ether oxygens (including phenoxy) is 2. The van der Waals surface area contributed by atoms with E-state index in [2.05, 4.69) is 137 Å². The summed E-state index contributed by atoms with van der Waals surface area (Å²) < 4.78 is 10.5. The highest BCUT2D eigenvalue weighted by Gasteiger charge is 2.22. The van der Waals surface area contributed by atoms with Crippen LogP contribution in [0.5, 0.6) is 23.0 Å². The first-order valence-corrected chi connectivity index (χ1v) is 24.2. The van der Waals surface area contributed by atoms with Gasteiger partial charge in [0.05, 0.1) is 14.2 Å². The average Bonchev–Trinajstić information content (AvgIpc) is 3.21. The molecule has 63 heavy (non-hydrogen) atoms. The Labute approximate surface area is 388 Å². The second kappa shape index (κ2) is 33.3. The Morgan fingerprint density at radius 1 is 0.349 bits per heavy atom. The molecule has 0 aliphatic carbocycles. The van der Waals surface area contributed by atoms with E-state index in [0.717, 1.165) is 96.3 Å². The summed E-state index contributed by atoms with van der Waals surface area (Å²) in [6.45, 7) is 26.5. The third-order valence-electron chi connectivity index (χ3n) is 12.1. The van der Waals surface area contributed by atoms with E-state index in [-0.39, 0.29) is 23.0 Å². The number of phenolic OH excluding ortho intramolecular Hbond substituents is 2. The standard InChI is InChI=1S/C59H92O4/c1-44(2)24-15-25-45(3)26-16-27-46(4)28-17-29-47(5)30-18-31-48(6)32-19-33-49(7)34-20-35-50(8)36-21-37-51(9)38-22-39-52(10)40-23-41-53(11)42-43-55-54(12)56(60)58(62-13)59(63-14)57(55)61/h24,26,28,30,32,34,36,38,40,42,60-61H,15-23,25,27,29,31,33,35,37,39,41,43H2,1-14H3/b45-26-,46-28-,47-30-,48-32-,49-34-,50-36-,51-38-,52-40-,53-42+. The highest BCUT2D eigenvalue weighted by atomic mass is 16.5. The van der Waals surface area contributed by atoms with Crippen molar-refractivity contribution in [2.75, 3.05) is 14.2 Å². The molecule has 1 rings (SSSR count). The van der Waals surface area contributed by atoms with Crippen LogP contribution >= 0.6 is 0 Å². The fourth-order valence-electron chi connectivity index (χ4n) is 7.62. The molecule has 1 aromatic rings. The summed E-state index contributed by atoms with van der Waals surface area (Å²) in [5.41, 5.74) is 15.9. The van der Waals surface area contributed by atoms with Gasteiger partial charge in [0.1, 0.15) is 0 Å². The van der Waals surface area contributed by atoms with E-state index in [1.54, 1.807) is 6.92 Å². The SMILES string of the molecule is COc1c(O)c(C)c(C/C=C(\C)CC/C=C(/C)CC/C=C(/C)CC/C=C(/C)CC/C=C(/C)CC/C=C(/C)CC/C=C(/C)CC/C=C(/C)CC/C=C(/C)CCC=C(C)C)c(O)c1OC. The monoisotopic (exact) mass is 865 g/mol. The smallest absolute Gasteiger partial charge is 0.207 e. The molecule has 4 heteroatoms. The van der Waals surface area contributed by atoms with Crippen molar-refractivity contribution in [3.05, 3.63) is 128 Å². The molecule has 0 fully saturated rings. The lowest BCUT2D eigenvalue weighted by Crippen LogP contribution is -1.98. The Morgan fingerprint density at radius 3 is 0.810 bits per heavy atom. The summed E-state index contributed by atoms with van der Waals surface area (Å²) in [4.78, 5) is 0. The molecule has 0 saturated heterocycles. The van der Waals surface area contributed by atoms with Gasteiger partial charge in [-0.3, -0.25) is 0 Å². The lowest BCUT2D eigenvalue weighted by molar-refractivity contribution is 0.314. The first-order valence-electron chi connectivity index (χ1n) is 24.2. The Kier molecular flexibility index (Phi) is 30.1. The molecule has 0 heterocycles. The van der Waals surface area contributed by atoms with E-state index >= 15 is 0 Å². The van der Waals surface area contributed by atoms with Gasteiger partial charge < -0.3 is 19.7 Å². The maximum atomic E-state index is 10.7. The van der Waals surface area contributed by atoms with E-state index in [4.69, 9.17) is 9.47 Å². The Balaban J connectivity index is 2.32. The Morgan fingerprint density at radius 2 is 0.571 bits per heavy atom. The van der Waals surface area contributed by atoms with Crippen LogP contribution in [-0.2, 0) is 6.42 Å². The van der Waals surface area contributed by atoms with Gasteiger partial charge in [-0.25, -0.2) is 0 Å². The minimum absolute atomic E-state index is 0.00634. The van der Waals surface area contributed by atoms with Gasteiger partial charge in [-0.15, -0.1) is 0 Å². The third-order valence-corrected chi connectivity index (χ3v) is 12.1. The number of benzene rings is 1. The van der Waals surface area contributed by atoms with Gasteiger partial charge in [-0.2, -0.15) is 0 Å². The van der Waals surface area contributed by atoms with Crippen molar-refractivity contribution in [3.63, 3.8) is 0 Å². The van der Waals surface area contributed by atoms with Gasteiger partial charge in [0.25, 0.3) is 0 Å². The largest absolute Gasteiger partial charge is 0.504 e. The van der Waals surface area contributed by atoms with Gasteiger partial charge in [0.15, 0.2) is 11.5 Å². The lowest BCUT2D eigenvalue weighted by Gasteiger charge is -2.17. The minimum Gasteiger partial charge on any atom is -0.504 e. The van der Waals surface area contributed by atoms with Gasteiger partial charge in [0.2, 0.25) is 11.5 Å². The fourth-order valence-corrected chi connectivity index (χ4v) is 7.62. The van der Waals surface area contributed by atoms with Crippen molar-refractivity contribution in [3.8, 4) is 23.0 Å². The van der Waals surface area contributed by atoms with Crippen molar-refractivity contribution in [2.45, 2.75) is 205 Å². The van der Waals surface area contributed by atoms with E-state index in [9.17, 15) is 10.2 Å². The molecule has 2 N–H and O–H groups in total. The van der Waals surface area contributed by atoms with Crippen molar-refractivity contribution < 1.29 is 19.7 Å². The summed E-state index contributed by atoms with van der Waals surface area (Å²) in [5, 5.41) is 21.3. The van der Waals surface area contributed by atoms with Crippen molar-refractivity contribution in [1.29, 1.82) is 0 Å². The van der Waals surface area contributed by atoms with Crippen LogP contribution in [0.2, 0.25) is 0 Å². The molecule has 0 atom stereocenters. The van der Waals surface area contributed by atoms with E-state index < -0.39 is 0 Å². The van der Waals surface area contributed by atoms with Crippen LogP contribution < -0.4 is 9.47 Å². The first-order chi connectivity index (χ1) is 30.0. The van der Waals surface area contributed by atoms with Gasteiger partial charge in [-0.1, -0.05) is 116 Å². The topological polar surface area (TPSA) is 58.9 Å². The Hall–Kier alpha value is -4.18. The zero-order valence-corrected chi connectivity index (χ0v) is 42.9. The average molecular weight is 865 g/mol. The number of aromatic hydroxyl groups is 2. The van der Waals surface area contributed by atoms with E-state index in [1.807, 2.05) is 0 Å². The van der Waals surface area contributed by atoms with Crippen LogP contribution in [-0.4, -0.2) is 24.4 Å².